The van der Waals surface area contributed by atoms with E-state index >= 15 is 0 Å². The maximum Gasteiger partial charge on any atom is 0.218 e. The van der Waals surface area contributed by atoms with Crippen LogP contribution in [0, 0.1) is 5.95 Å². The molecule has 0 aliphatic rings. The average Bonchev–Trinajstić information content (AvgIpc) is 1.94. The second-order valence-electron chi connectivity index (χ2n) is 1.88. The van der Waals surface area contributed by atoms with Crippen LogP contribution in [0.5, 0.6) is 0 Å². The zero-order chi connectivity index (χ0) is 7.56. The summed E-state index contributed by atoms with van der Waals surface area (Å²) in [5, 5.41) is 8.51. The normalized spacial score (nSPS) is 9.80. The Morgan fingerprint density at radius 1 is 1.70 bits per heavy atom. The molecule has 1 heterocycles. The van der Waals surface area contributed by atoms with Crippen molar-refractivity contribution >= 4 is 5.69 Å². The van der Waals surface area contributed by atoms with Gasteiger partial charge in [-0.3, -0.25) is 0 Å². The highest BCUT2D eigenvalue weighted by atomic mass is 19.1. The zero-order valence-electron chi connectivity index (χ0n) is 5.21. The van der Waals surface area contributed by atoms with Crippen molar-refractivity contribution in [3.05, 3.63) is 23.8 Å². The molecule has 0 fully saturated rings. The number of halogens is 1. The Balaban J connectivity index is 3.09. The van der Waals surface area contributed by atoms with Crippen molar-refractivity contribution in [1.29, 1.82) is 0 Å². The summed E-state index contributed by atoms with van der Waals surface area (Å²) in [6.45, 7) is -0.371. The Hall–Kier alpha value is -1.16. The molecule has 0 atom stereocenters. The highest BCUT2D eigenvalue weighted by Gasteiger charge is 2.00. The molecule has 1 aromatic rings. The van der Waals surface area contributed by atoms with Crippen LogP contribution in [0.3, 0.4) is 0 Å². The number of anilines is 1. The Morgan fingerprint density at radius 2 is 2.40 bits per heavy atom. The maximum atomic E-state index is 12.4. The molecular weight excluding hydrogens is 135 g/mol. The molecule has 1 rings (SSSR count). The molecule has 0 radical (unpaired) electrons. The Labute approximate surface area is 57.3 Å². The van der Waals surface area contributed by atoms with Crippen molar-refractivity contribution in [2.75, 3.05) is 5.73 Å². The molecule has 0 aliphatic carbocycles. The van der Waals surface area contributed by atoms with Crippen molar-refractivity contribution < 1.29 is 9.50 Å². The summed E-state index contributed by atoms with van der Waals surface area (Å²) in [6.07, 6.45) is 1.20. The van der Waals surface area contributed by atoms with Gasteiger partial charge in [-0.15, -0.1) is 0 Å². The number of aromatic nitrogens is 1. The number of nitrogens with two attached hydrogens (primary N) is 1. The first kappa shape index (κ1) is 6.95. The van der Waals surface area contributed by atoms with Crippen molar-refractivity contribution in [2.24, 2.45) is 0 Å². The van der Waals surface area contributed by atoms with Gasteiger partial charge >= 0.3 is 0 Å². The predicted octanol–water partition coefficient (Wildman–Crippen LogP) is 0.295. The molecule has 0 aliphatic heterocycles. The van der Waals surface area contributed by atoms with Gasteiger partial charge in [-0.05, 0) is 6.07 Å². The van der Waals surface area contributed by atoms with Crippen molar-refractivity contribution in [3.63, 3.8) is 0 Å². The van der Waals surface area contributed by atoms with Gasteiger partial charge in [0.1, 0.15) is 0 Å². The molecule has 54 valence electrons. The van der Waals surface area contributed by atoms with Crippen LogP contribution in [0.4, 0.5) is 10.1 Å². The maximum absolute atomic E-state index is 12.4. The lowest BCUT2D eigenvalue weighted by Crippen LogP contribution is -1.96. The number of hydrogen-bond donors (Lipinski definition) is 2. The molecule has 3 nitrogen and oxygen atoms in total. The van der Waals surface area contributed by atoms with E-state index in [1.165, 1.54) is 12.3 Å². The molecule has 3 N–H and O–H groups in total. The van der Waals surface area contributed by atoms with E-state index < -0.39 is 5.95 Å². The summed E-state index contributed by atoms with van der Waals surface area (Å²) in [4.78, 5) is 3.30. The summed E-state index contributed by atoms with van der Waals surface area (Å²) < 4.78 is 12.4. The van der Waals surface area contributed by atoms with Gasteiger partial charge in [-0.1, -0.05) is 0 Å². The van der Waals surface area contributed by atoms with Crippen LogP contribution in [0.2, 0.25) is 0 Å². The summed E-state index contributed by atoms with van der Waals surface area (Å²) in [7, 11) is 0. The number of hydrogen-bond acceptors (Lipinski definition) is 3. The average molecular weight is 142 g/mol. The van der Waals surface area contributed by atoms with Crippen LogP contribution in [0.1, 0.15) is 5.56 Å². The highest BCUT2D eigenvalue weighted by molar-refractivity contribution is 5.37. The molecule has 0 amide bonds. The number of aliphatic hydroxyl groups excluding tert-OH is 1. The molecule has 0 unspecified atom stereocenters. The Morgan fingerprint density at radius 3 is 2.90 bits per heavy atom. The monoisotopic (exact) mass is 142 g/mol. The molecule has 1 aromatic heterocycles. The first-order chi connectivity index (χ1) is 4.74. The zero-order valence-corrected chi connectivity index (χ0v) is 5.21. The van der Waals surface area contributed by atoms with Gasteiger partial charge < -0.3 is 10.8 Å². The van der Waals surface area contributed by atoms with Crippen molar-refractivity contribution in [1.82, 2.24) is 4.98 Å². The minimum Gasteiger partial charge on any atom is -0.397 e. The summed E-state index contributed by atoms with van der Waals surface area (Å²) >= 11 is 0. The minimum atomic E-state index is -0.670. The topological polar surface area (TPSA) is 59.1 Å². The van der Waals surface area contributed by atoms with Crippen LogP contribution >= 0.6 is 0 Å². The quantitative estimate of drug-likeness (QED) is 0.554. The fraction of sp³-hybridized carbons (Fsp3) is 0.167. The standard InChI is InChI=1S/C6H7FN2O/c7-6-4(3-10)1-5(8)2-9-6/h1-2,10H,3,8H2. The van der Waals surface area contributed by atoms with Crippen LogP contribution < -0.4 is 5.73 Å². The smallest absolute Gasteiger partial charge is 0.218 e. The van der Waals surface area contributed by atoms with E-state index in [0.29, 0.717) is 5.69 Å². The second kappa shape index (κ2) is 2.62. The van der Waals surface area contributed by atoms with Crippen LogP contribution in [0.25, 0.3) is 0 Å². The van der Waals surface area contributed by atoms with E-state index in [4.69, 9.17) is 10.8 Å². The van der Waals surface area contributed by atoms with E-state index in [0.717, 1.165) is 0 Å². The predicted molar refractivity (Wildman–Crippen MR) is 34.5 cm³/mol. The van der Waals surface area contributed by atoms with Crippen molar-refractivity contribution in [3.8, 4) is 0 Å². The van der Waals surface area contributed by atoms with E-state index in [1.54, 1.807) is 0 Å². The van der Waals surface area contributed by atoms with Gasteiger partial charge in [0.15, 0.2) is 0 Å². The van der Waals surface area contributed by atoms with Gasteiger partial charge in [0.25, 0.3) is 0 Å². The lowest BCUT2D eigenvalue weighted by atomic mass is 10.3. The van der Waals surface area contributed by atoms with E-state index in [9.17, 15) is 4.39 Å². The lowest BCUT2D eigenvalue weighted by Gasteiger charge is -1.97. The van der Waals surface area contributed by atoms with E-state index in [-0.39, 0.29) is 12.2 Å². The lowest BCUT2D eigenvalue weighted by molar-refractivity contribution is 0.274. The number of nitrogens with zero attached hydrogens (tertiary/aromatic N) is 1. The third-order valence-corrected chi connectivity index (χ3v) is 1.10. The molecule has 4 heteroatoms. The van der Waals surface area contributed by atoms with E-state index in [2.05, 4.69) is 4.98 Å². The summed E-state index contributed by atoms with van der Waals surface area (Å²) in [5.74, 6) is -0.670. The number of aliphatic hydroxyl groups is 1. The second-order valence-corrected chi connectivity index (χ2v) is 1.88. The number of nitrogen functional groups attached to an aromatic ring is 1. The van der Waals surface area contributed by atoms with Gasteiger partial charge in [0.2, 0.25) is 5.95 Å². The van der Waals surface area contributed by atoms with Crippen LogP contribution in [-0.2, 0) is 6.61 Å². The molecule has 0 aromatic carbocycles. The van der Waals surface area contributed by atoms with Gasteiger partial charge in [-0.2, -0.15) is 4.39 Å². The third-order valence-electron chi connectivity index (χ3n) is 1.10. The first-order valence-electron chi connectivity index (χ1n) is 2.75. The minimum absolute atomic E-state index is 0.125. The van der Waals surface area contributed by atoms with Crippen LogP contribution in [0.15, 0.2) is 12.3 Å². The molecule has 10 heavy (non-hydrogen) atoms. The third kappa shape index (κ3) is 1.22. The highest BCUT2D eigenvalue weighted by Crippen LogP contribution is 2.07. The molecule has 0 saturated carbocycles. The number of pyridine rings is 1. The molecule has 0 bridgehead atoms. The first-order valence-corrected chi connectivity index (χ1v) is 2.75. The van der Waals surface area contributed by atoms with Gasteiger partial charge in [0, 0.05) is 5.56 Å². The number of rotatable bonds is 1. The Bertz CT molecular complexity index is 239. The van der Waals surface area contributed by atoms with Gasteiger partial charge in [-0.25, -0.2) is 4.98 Å². The molecule has 0 spiro atoms. The fourth-order valence-electron chi connectivity index (χ4n) is 0.623. The fourth-order valence-corrected chi connectivity index (χ4v) is 0.623. The summed E-state index contributed by atoms with van der Waals surface area (Å²) in [5.41, 5.74) is 5.74. The summed E-state index contributed by atoms with van der Waals surface area (Å²) in [6, 6.07) is 1.35. The largest absolute Gasteiger partial charge is 0.397 e. The van der Waals surface area contributed by atoms with Crippen molar-refractivity contribution in [2.45, 2.75) is 6.61 Å². The van der Waals surface area contributed by atoms with Crippen LogP contribution in [-0.4, -0.2) is 10.1 Å². The van der Waals surface area contributed by atoms with Gasteiger partial charge in [0.05, 0.1) is 18.5 Å². The Kier molecular flexibility index (Phi) is 1.82. The SMILES string of the molecule is Nc1cnc(F)c(CO)c1. The molecule has 0 saturated heterocycles. The molecular formula is C6H7FN2O. The van der Waals surface area contributed by atoms with E-state index in [1.807, 2.05) is 0 Å².